The van der Waals surface area contributed by atoms with E-state index >= 15 is 0 Å². The molecular weight excluding hydrogens is 220 g/mol. The smallest absolute Gasteiger partial charge is 0.346 e. The van der Waals surface area contributed by atoms with Crippen molar-refractivity contribution in [3.63, 3.8) is 0 Å². The van der Waals surface area contributed by atoms with E-state index in [1.165, 1.54) is 0 Å². The van der Waals surface area contributed by atoms with E-state index in [1.807, 2.05) is 30.3 Å². The Kier molecular flexibility index (Phi) is 3.10. The highest BCUT2D eigenvalue weighted by molar-refractivity contribution is 6.05. The Labute approximate surface area is 99.2 Å². The van der Waals surface area contributed by atoms with Gasteiger partial charge in [0.25, 0.3) is 0 Å². The number of amides is 3. The van der Waals surface area contributed by atoms with Gasteiger partial charge in [-0.05, 0) is 12.5 Å². The standard InChI is InChI=1S/C12H13N2O3/c1-2-17-12(10(15)13-11(16)14-12)8-9-6-4-3-5-7-9/h3-7H,2,8H2,1H3,(H,14,16). The number of hydrogen-bond donors (Lipinski definition) is 1. The lowest BCUT2D eigenvalue weighted by atomic mass is 10.0. The summed E-state index contributed by atoms with van der Waals surface area (Å²) < 4.78 is 5.40. The predicted octanol–water partition coefficient (Wildman–Crippen LogP) is 0.816. The topological polar surface area (TPSA) is 69.5 Å². The summed E-state index contributed by atoms with van der Waals surface area (Å²) in [4.78, 5) is 22.9. The maximum Gasteiger partial charge on any atom is 0.346 e. The van der Waals surface area contributed by atoms with Crippen LogP contribution in [-0.4, -0.2) is 24.3 Å². The average molecular weight is 233 g/mol. The highest BCUT2D eigenvalue weighted by Gasteiger charge is 2.48. The predicted molar refractivity (Wildman–Crippen MR) is 60.2 cm³/mol. The second-order valence-electron chi connectivity index (χ2n) is 3.77. The van der Waals surface area contributed by atoms with Gasteiger partial charge in [0.2, 0.25) is 5.72 Å². The van der Waals surface area contributed by atoms with E-state index in [9.17, 15) is 9.59 Å². The molecule has 3 amide bonds. The van der Waals surface area contributed by atoms with Crippen molar-refractivity contribution >= 4 is 11.9 Å². The SMILES string of the molecule is CCOC1(Cc2ccccc2)NC(=O)[N]C1=O. The summed E-state index contributed by atoms with van der Waals surface area (Å²) in [6.45, 7) is 2.10. The first-order valence-corrected chi connectivity index (χ1v) is 5.42. The van der Waals surface area contributed by atoms with Crippen LogP contribution in [0.15, 0.2) is 30.3 Å². The monoisotopic (exact) mass is 233 g/mol. The summed E-state index contributed by atoms with van der Waals surface area (Å²) in [5.41, 5.74) is -0.417. The Morgan fingerprint density at radius 1 is 1.29 bits per heavy atom. The van der Waals surface area contributed by atoms with Crippen LogP contribution in [0, 0.1) is 0 Å². The molecule has 17 heavy (non-hydrogen) atoms. The third-order valence-corrected chi connectivity index (χ3v) is 2.54. The van der Waals surface area contributed by atoms with E-state index in [-0.39, 0.29) is 6.42 Å². The Morgan fingerprint density at radius 2 is 2.00 bits per heavy atom. The second kappa shape index (κ2) is 4.55. The zero-order valence-corrected chi connectivity index (χ0v) is 9.47. The lowest BCUT2D eigenvalue weighted by Crippen LogP contribution is -2.51. The Hall–Kier alpha value is -1.88. The average Bonchev–Trinajstić information content (AvgIpc) is 2.55. The molecule has 2 rings (SSSR count). The molecule has 1 heterocycles. The van der Waals surface area contributed by atoms with E-state index in [4.69, 9.17) is 4.74 Å². The summed E-state index contributed by atoms with van der Waals surface area (Å²) in [5, 5.41) is 5.83. The molecule has 1 unspecified atom stereocenters. The van der Waals surface area contributed by atoms with Crippen LogP contribution in [0.1, 0.15) is 12.5 Å². The zero-order chi connectivity index (χ0) is 12.3. The minimum absolute atomic E-state index is 0.287. The third-order valence-electron chi connectivity index (χ3n) is 2.54. The number of rotatable bonds is 4. The molecule has 1 aromatic carbocycles. The number of nitrogens with zero attached hydrogens (tertiary/aromatic N) is 1. The summed E-state index contributed by atoms with van der Waals surface area (Å²) in [6.07, 6.45) is 0.287. The van der Waals surface area contributed by atoms with E-state index in [2.05, 4.69) is 10.6 Å². The van der Waals surface area contributed by atoms with Gasteiger partial charge < -0.3 is 4.74 Å². The molecule has 1 atom stereocenters. The van der Waals surface area contributed by atoms with E-state index in [0.29, 0.717) is 6.61 Å². The molecule has 1 saturated heterocycles. The van der Waals surface area contributed by atoms with Crippen LogP contribution in [0.25, 0.3) is 0 Å². The van der Waals surface area contributed by atoms with E-state index in [0.717, 1.165) is 5.56 Å². The highest BCUT2D eigenvalue weighted by atomic mass is 16.5. The van der Waals surface area contributed by atoms with Crippen molar-refractivity contribution in [1.82, 2.24) is 10.6 Å². The van der Waals surface area contributed by atoms with Gasteiger partial charge in [-0.1, -0.05) is 30.3 Å². The van der Waals surface area contributed by atoms with Crippen molar-refractivity contribution in [2.45, 2.75) is 19.1 Å². The molecule has 0 bridgehead atoms. The minimum Gasteiger partial charge on any atom is -0.347 e. The Morgan fingerprint density at radius 3 is 2.53 bits per heavy atom. The number of carbonyl (C=O) groups excluding carboxylic acids is 2. The van der Waals surface area contributed by atoms with Gasteiger partial charge in [0, 0.05) is 13.0 Å². The molecule has 0 spiro atoms. The van der Waals surface area contributed by atoms with E-state index < -0.39 is 17.7 Å². The van der Waals surface area contributed by atoms with Crippen LogP contribution in [0.3, 0.4) is 0 Å². The molecule has 1 radical (unpaired) electrons. The first-order chi connectivity index (χ1) is 8.16. The summed E-state index contributed by atoms with van der Waals surface area (Å²) in [5.74, 6) is -0.562. The molecule has 0 aliphatic carbocycles. The number of nitrogens with one attached hydrogen (secondary N) is 1. The maximum absolute atomic E-state index is 11.7. The highest BCUT2D eigenvalue weighted by Crippen LogP contribution is 2.20. The summed E-state index contributed by atoms with van der Waals surface area (Å²) >= 11 is 0. The lowest BCUT2D eigenvalue weighted by Gasteiger charge is -2.25. The second-order valence-corrected chi connectivity index (χ2v) is 3.77. The molecule has 1 fully saturated rings. The number of urea groups is 1. The molecule has 1 aromatic rings. The van der Waals surface area contributed by atoms with Crippen molar-refractivity contribution in [3.8, 4) is 0 Å². The molecule has 1 aliphatic rings. The van der Waals surface area contributed by atoms with Gasteiger partial charge in [-0.3, -0.25) is 10.1 Å². The normalized spacial score (nSPS) is 23.4. The number of imide groups is 1. The molecule has 1 N–H and O–H groups in total. The number of ether oxygens (including phenoxy) is 1. The number of benzene rings is 1. The quantitative estimate of drug-likeness (QED) is 0.782. The molecule has 0 aromatic heterocycles. The van der Waals surface area contributed by atoms with Gasteiger partial charge in [0.1, 0.15) is 0 Å². The largest absolute Gasteiger partial charge is 0.347 e. The first-order valence-electron chi connectivity index (χ1n) is 5.42. The molecule has 5 heteroatoms. The van der Waals surface area contributed by atoms with Crippen molar-refractivity contribution in [2.24, 2.45) is 0 Å². The van der Waals surface area contributed by atoms with Crippen molar-refractivity contribution in [3.05, 3.63) is 35.9 Å². The van der Waals surface area contributed by atoms with Gasteiger partial charge in [-0.25, -0.2) is 4.79 Å². The molecule has 0 saturated carbocycles. The fourth-order valence-electron chi connectivity index (χ4n) is 1.84. The van der Waals surface area contributed by atoms with Gasteiger partial charge in [0.15, 0.2) is 0 Å². The van der Waals surface area contributed by atoms with Gasteiger partial charge in [0.05, 0.1) is 0 Å². The van der Waals surface area contributed by atoms with Crippen LogP contribution in [0.5, 0.6) is 0 Å². The first kappa shape index (κ1) is 11.6. The summed E-state index contributed by atoms with van der Waals surface area (Å²) in [6, 6.07) is 8.73. The van der Waals surface area contributed by atoms with Crippen LogP contribution < -0.4 is 10.6 Å². The van der Waals surface area contributed by atoms with Crippen molar-refractivity contribution in [2.75, 3.05) is 6.61 Å². The zero-order valence-electron chi connectivity index (χ0n) is 9.47. The van der Waals surface area contributed by atoms with Gasteiger partial charge in [-0.2, -0.15) is 5.32 Å². The molecular formula is C12H13N2O3. The fraction of sp³-hybridized carbons (Fsp3) is 0.333. The third kappa shape index (κ3) is 2.29. The number of carbonyl (C=O) groups is 2. The Balaban J connectivity index is 2.24. The van der Waals surface area contributed by atoms with Crippen LogP contribution in [0.4, 0.5) is 4.79 Å². The molecule has 89 valence electrons. The molecule has 1 aliphatic heterocycles. The Bertz CT molecular complexity index is 433. The van der Waals surface area contributed by atoms with Gasteiger partial charge >= 0.3 is 11.9 Å². The van der Waals surface area contributed by atoms with Crippen molar-refractivity contribution in [1.29, 1.82) is 0 Å². The minimum atomic E-state index is -1.33. The fourth-order valence-corrected chi connectivity index (χ4v) is 1.84. The number of hydrogen-bond acceptors (Lipinski definition) is 3. The molecule has 5 nitrogen and oxygen atoms in total. The maximum atomic E-state index is 11.7. The van der Waals surface area contributed by atoms with Crippen molar-refractivity contribution < 1.29 is 14.3 Å². The summed E-state index contributed by atoms with van der Waals surface area (Å²) in [7, 11) is 0. The van der Waals surface area contributed by atoms with Crippen LogP contribution >= 0.6 is 0 Å². The van der Waals surface area contributed by atoms with Crippen LogP contribution in [-0.2, 0) is 16.0 Å². The van der Waals surface area contributed by atoms with Gasteiger partial charge in [-0.15, -0.1) is 0 Å². The van der Waals surface area contributed by atoms with Crippen LogP contribution in [0.2, 0.25) is 0 Å². The van der Waals surface area contributed by atoms with E-state index in [1.54, 1.807) is 6.92 Å². The lowest BCUT2D eigenvalue weighted by molar-refractivity contribution is -0.144.